The third kappa shape index (κ3) is 2.16. The van der Waals surface area contributed by atoms with E-state index in [-0.39, 0.29) is 6.04 Å². The molecule has 0 bridgehead atoms. The second-order valence-electron chi connectivity index (χ2n) is 4.64. The van der Waals surface area contributed by atoms with Crippen LogP contribution in [0.5, 0.6) is 0 Å². The minimum atomic E-state index is -0.437. The Hall–Kier alpha value is -2.38. The van der Waals surface area contributed by atoms with Gasteiger partial charge in [-0.05, 0) is 23.3 Å². The van der Waals surface area contributed by atoms with Crippen molar-refractivity contribution in [3.63, 3.8) is 0 Å². The van der Waals surface area contributed by atoms with E-state index in [9.17, 15) is 5.11 Å². The smallest absolute Gasteiger partial charge is 0.140 e. The van der Waals surface area contributed by atoms with Crippen molar-refractivity contribution in [2.45, 2.75) is 18.6 Å². The molecule has 1 aliphatic rings. The van der Waals surface area contributed by atoms with Crippen molar-refractivity contribution in [2.24, 2.45) is 0 Å². The van der Waals surface area contributed by atoms with E-state index in [1.165, 1.54) is 5.56 Å². The molecule has 1 aromatic carbocycles. The highest BCUT2D eigenvalue weighted by atomic mass is 16.3. The third-order valence-electron chi connectivity index (χ3n) is 3.40. The molecule has 4 nitrogen and oxygen atoms in total. The van der Waals surface area contributed by atoms with E-state index in [1.54, 1.807) is 18.3 Å². The fraction of sp³-hybridized carbons (Fsp3) is 0.200. The second-order valence-corrected chi connectivity index (χ2v) is 4.64. The van der Waals surface area contributed by atoms with Crippen LogP contribution in [0.15, 0.2) is 42.6 Å². The molecule has 0 unspecified atom stereocenters. The average molecular weight is 251 g/mol. The summed E-state index contributed by atoms with van der Waals surface area (Å²) in [7, 11) is 0. The summed E-state index contributed by atoms with van der Waals surface area (Å²) in [4.78, 5) is 4.02. The number of anilines is 1. The number of aromatic nitrogens is 1. The number of rotatable bonds is 2. The zero-order valence-electron chi connectivity index (χ0n) is 10.2. The summed E-state index contributed by atoms with van der Waals surface area (Å²) in [6.07, 6.45) is 1.84. The van der Waals surface area contributed by atoms with E-state index >= 15 is 0 Å². The number of aliphatic hydroxyl groups is 1. The highest BCUT2D eigenvalue weighted by Gasteiger charge is 2.30. The van der Waals surface area contributed by atoms with Crippen LogP contribution in [0.4, 0.5) is 5.69 Å². The van der Waals surface area contributed by atoms with Crippen molar-refractivity contribution < 1.29 is 5.11 Å². The molecule has 94 valence electrons. The Morgan fingerprint density at radius 2 is 2.11 bits per heavy atom. The lowest BCUT2D eigenvalue weighted by Gasteiger charge is -2.18. The van der Waals surface area contributed by atoms with Crippen molar-refractivity contribution in [2.75, 3.05) is 5.32 Å². The predicted molar refractivity (Wildman–Crippen MR) is 71.5 cm³/mol. The number of nitrogens with zero attached hydrogens (tertiary/aromatic N) is 2. The molecule has 3 rings (SSSR count). The highest BCUT2D eigenvalue weighted by Crippen LogP contribution is 2.33. The van der Waals surface area contributed by atoms with Gasteiger partial charge in [-0.15, -0.1) is 0 Å². The molecule has 1 aromatic heterocycles. The molecule has 0 aliphatic heterocycles. The van der Waals surface area contributed by atoms with Crippen LogP contribution >= 0.6 is 0 Å². The first kappa shape index (κ1) is 11.7. The predicted octanol–water partition coefficient (Wildman–Crippen LogP) is 2.02. The quantitative estimate of drug-likeness (QED) is 0.856. The summed E-state index contributed by atoms with van der Waals surface area (Å²) >= 11 is 0. The molecule has 1 heterocycles. The fourth-order valence-electron chi connectivity index (χ4n) is 2.47. The van der Waals surface area contributed by atoms with Crippen molar-refractivity contribution >= 4 is 5.69 Å². The van der Waals surface area contributed by atoms with Gasteiger partial charge in [0.1, 0.15) is 11.8 Å². The molecule has 4 heteroatoms. The summed E-state index contributed by atoms with van der Waals surface area (Å²) in [6.45, 7) is 0. The van der Waals surface area contributed by atoms with Gasteiger partial charge >= 0.3 is 0 Å². The molecule has 2 N–H and O–H groups in total. The van der Waals surface area contributed by atoms with Gasteiger partial charge in [-0.3, -0.25) is 0 Å². The van der Waals surface area contributed by atoms with Gasteiger partial charge in [0.05, 0.1) is 24.0 Å². The first-order chi connectivity index (χ1) is 9.28. The molecular weight excluding hydrogens is 238 g/mol. The zero-order valence-corrected chi connectivity index (χ0v) is 10.2. The summed E-state index contributed by atoms with van der Waals surface area (Å²) < 4.78 is 0. The normalized spacial score (nSPS) is 20.6. The summed E-state index contributed by atoms with van der Waals surface area (Å²) in [6, 6.07) is 13.4. The maximum absolute atomic E-state index is 10.1. The van der Waals surface area contributed by atoms with Gasteiger partial charge in [-0.1, -0.05) is 24.3 Å². The van der Waals surface area contributed by atoms with Crippen LogP contribution in [-0.4, -0.2) is 16.2 Å². The molecule has 1 aliphatic carbocycles. The van der Waals surface area contributed by atoms with Crippen LogP contribution in [0.2, 0.25) is 0 Å². The van der Waals surface area contributed by atoms with Gasteiger partial charge in [0.15, 0.2) is 0 Å². The lowest BCUT2D eigenvalue weighted by Crippen LogP contribution is -2.21. The first-order valence-electron chi connectivity index (χ1n) is 6.16. The number of pyridine rings is 1. The van der Waals surface area contributed by atoms with Crippen molar-refractivity contribution in [1.82, 2.24) is 4.98 Å². The second kappa shape index (κ2) is 4.71. The molecular formula is C15H13N3O. The van der Waals surface area contributed by atoms with Gasteiger partial charge in [0, 0.05) is 6.42 Å². The van der Waals surface area contributed by atoms with Gasteiger partial charge < -0.3 is 10.4 Å². The largest absolute Gasteiger partial charge is 0.390 e. The Labute approximate surface area is 111 Å². The van der Waals surface area contributed by atoms with Gasteiger partial charge in [-0.25, -0.2) is 4.98 Å². The zero-order chi connectivity index (χ0) is 13.2. The van der Waals surface area contributed by atoms with Gasteiger partial charge in [-0.2, -0.15) is 5.26 Å². The SMILES string of the molecule is N#Cc1ccc(N[C@H]2c3ccccc3C[C@H]2O)cn1. The van der Waals surface area contributed by atoms with Crippen LogP contribution in [0.1, 0.15) is 22.9 Å². The Balaban J connectivity index is 1.85. The number of hydrogen-bond donors (Lipinski definition) is 2. The molecule has 2 aromatic rings. The molecule has 19 heavy (non-hydrogen) atoms. The molecule has 2 atom stereocenters. The molecule has 0 radical (unpaired) electrons. The summed E-state index contributed by atoms with van der Waals surface area (Å²) in [5.41, 5.74) is 3.49. The Morgan fingerprint density at radius 3 is 2.84 bits per heavy atom. The highest BCUT2D eigenvalue weighted by molar-refractivity contribution is 5.48. The standard InChI is InChI=1S/C15H13N3O/c16-8-11-5-6-12(9-17-11)18-15-13-4-2-1-3-10(13)7-14(15)19/h1-6,9,14-15,18-19H,7H2/t14-,15+/m1/s1. The number of aliphatic hydroxyl groups excluding tert-OH is 1. The lowest BCUT2D eigenvalue weighted by atomic mass is 10.1. The minimum absolute atomic E-state index is 0.120. The van der Waals surface area contributed by atoms with Crippen LogP contribution in [0.3, 0.4) is 0 Å². The Morgan fingerprint density at radius 1 is 1.26 bits per heavy atom. The Kier molecular flexibility index (Phi) is 2.90. The number of fused-ring (bicyclic) bond motifs is 1. The van der Waals surface area contributed by atoms with E-state index in [0.29, 0.717) is 12.1 Å². The van der Waals surface area contributed by atoms with Gasteiger partial charge in [0.2, 0.25) is 0 Å². The summed E-state index contributed by atoms with van der Waals surface area (Å²) in [5.74, 6) is 0. The van der Waals surface area contributed by atoms with E-state index in [1.807, 2.05) is 30.3 Å². The van der Waals surface area contributed by atoms with E-state index in [2.05, 4.69) is 10.3 Å². The number of nitrogens with one attached hydrogen (secondary N) is 1. The first-order valence-corrected chi connectivity index (χ1v) is 6.16. The monoisotopic (exact) mass is 251 g/mol. The van der Waals surface area contributed by atoms with E-state index in [0.717, 1.165) is 11.3 Å². The third-order valence-corrected chi connectivity index (χ3v) is 3.40. The maximum Gasteiger partial charge on any atom is 0.140 e. The molecule has 0 amide bonds. The Bertz CT molecular complexity index is 631. The van der Waals surface area contributed by atoms with Crippen molar-refractivity contribution in [3.05, 3.63) is 59.4 Å². The van der Waals surface area contributed by atoms with Crippen LogP contribution in [-0.2, 0) is 6.42 Å². The number of benzene rings is 1. The molecule has 0 saturated heterocycles. The van der Waals surface area contributed by atoms with Crippen molar-refractivity contribution in [3.8, 4) is 6.07 Å². The number of hydrogen-bond acceptors (Lipinski definition) is 4. The van der Waals surface area contributed by atoms with Crippen LogP contribution < -0.4 is 5.32 Å². The number of nitriles is 1. The maximum atomic E-state index is 10.1. The molecule has 0 spiro atoms. The lowest BCUT2D eigenvalue weighted by molar-refractivity contribution is 0.166. The molecule has 0 saturated carbocycles. The minimum Gasteiger partial charge on any atom is -0.390 e. The van der Waals surface area contributed by atoms with Crippen LogP contribution in [0.25, 0.3) is 0 Å². The van der Waals surface area contributed by atoms with Crippen LogP contribution in [0, 0.1) is 11.3 Å². The molecule has 0 fully saturated rings. The van der Waals surface area contributed by atoms with Crippen molar-refractivity contribution in [1.29, 1.82) is 5.26 Å². The summed E-state index contributed by atoms with van der Waals surface area (Å²) in [5, 5.41) is 22.1. The average Bonchev–Trinajstić information content (AvgIpc) is 2.76. The fourth-order valence-corrected chi connectivity index (χ4v) is 2.47. The van der Waals surface area contributed by atoms with E-state index < -0.39 is 6.10 Å². The topological polar surface area (TPSA) is 68.9 Å². The van der Waals surface area contributed by atoms with E-state index in [4.69, 9.17) is 5.26 Å². The van der Waals surface area contributed by atoms with Gasteiger partial charge in [0.25, 0.3) is 0 Å².